The minimum absolute atomic E-state index is 0.150. The summed E-state index contributed by atoms with van der Waals surface area (Å²) in [6.07, 6.45) is 2.08. The SMILES string of the molecule is C[C@H](NC(=S)N1CCC[C@@H]1c1cccc(F)c1)c1ccccc1. The van der Waals surface area contributed by atoms with Gasteiger partial charge in [-0.3, -0.25) is 0 Å². The topological polar surface area (TPSA) is 15.3 Å². The van der Waals surface area contributed by atoms with Crippen LogP contribution >= 0.6 is 12.2 Å². The van der Waals surface area contributed by atoms with Crippen LogP contribution in [0.3, 0.4) is 0 Å². The molecule has 0 saturated carbocycles. The quantitative estimate of drug-likeness (QED) is 0.829. The lowest BCUT2D eigenvalue weighted by Gasteiger charge is -2.30. The summed E-state index contributed by atoms with van der Waals surface area (Å²) >= 11 is 5.62. The van der Waals surface area contributed by atoms with E-state index in [1.807, 2.05) is 24.3 Å². The zero-order chi connectivity index (χ0) is 16.2. The van der Waals surface area contributed by atoms with Gasteiger partial charge in [0.25, 0.3) is 0 Å². The summed E-state index contributed by atoms with van der Waals surface area (Å²) in [6.45, 7) is 3.02. The molecule has 1 aliphatic heterocycles. The van der Waals surface area contributed by atoms with Crippen LogP contribution in [-0.4, -0.2) is 16.6 Å². The van der Waals surface area contributed by atoms with Crippen molar-refractivity contribution < 1.29 is 4.39 Å². The summed E-state index contributed by atoms with van der Waals surface area (Å²) in [5.41, 5.74) is 2.20. The van der Waals surface area contributed by atoms with Crippen LogP contribution in [0.15, 0.2) is 54.6 Å². The second-order valence-corrected chi connectivity index (χ2v) is 6.37. The largest absolute Gasteiger partial charge is 0.356 e. The van der Waals surface area contributed by atoms with Gasteiger partial charge in [-0.05, 0) is 55.2 Å². The lowest BCUT2D eigenvalue weighted by atomic mass is 10.0. The number of hydrogen-bond acceptors (Lipinski definition) is 1. The molecule has 0 radical (unpaired) electrons. The van der Waals surface area contributed by atoms with Crippen molar-refractivity contribution in [2.75, 3.05) is 6.54 Å². The van der Waals surface area contributed by atoms with Crippen molar-refractivity contribution in [3.8, 4) is 0 Å². The Balaban J connectivity index is 1.71. The molecule has 3 rings (SSSR count). The monoisotopic (exact) mass is 328 g/mol. The van der Waals surface area contributed by atoms with Crippen molar-refractivity contribution in [2.24, 2.45) is 0 Å². The number of rotatable bonds is 3. The fraction of sp³-hybridized carbons (Fsp3) is 0.316. The molecular formula is C19H21FN2S. The molecule has 0 bridgehead atoms. The molecule has 4 heteroatoms. The van der Waals surface area contributed by atoms with Crippen LogP contribution in [0.2, 0.25) is 0 Å². The van der Waals surface area contributed by atoms with E-state index in [0.29, 0.717) is 0 Å². The highest BCUT2D eigenvalue weighted by molar-refractivity contribution is 7.80. The van der Waals surface area contributed by atoms with Gasteiger partial charge in [0.15, 0.2) is 5.11 Å². The average molecular weight is 328 g/mol. The number of likely N-dealkylation sites (tertiary alicyclic amines) is 1. The van der Waals surface area contributed by atoms with Gasteiger partial charge in [-0.1, -0.05) is 42.5 Å². The minimum atomic E-state index is -0.189. The highest BCUT2D eigenvalue weighted by atomic mass is 32.1. The number of nitrogens with one attached hydrogen (secondary N) is 1. The molecule has 0 aromatic heterocycles. The summed E-state index contributed by atoms with van der Waals surface area (Å²) in [5, 5.41) is 4.16. The van der Waals surface area contributed by atoms with E-state index in [1.54, 1.807) is 12.1 Å². The Morgan fingerprint density at radius 2 is 2.00 bits per heavy atom. The predicted molar refractivity (Wildman–Crippen MR) is 95.7 cm³/mol. The molecule has 0 unspecified atom stereocenters. The molecule has 0 aliphatic carbocycles. The minimum Gasteiger partial charge on any atom is -0.356 e. The van der Waals surface area contributed by atoms with Crippen LogP contribution < -0.4 is 5.32 Å². The van der Waals surface area contributed by atoms with E-state index in [-0.39, 0.29) is 17.9 Å². The maximum Gasteiger partial charge on any atom is 0.169 e. The molecule has 0 amide bonds. The van der Waals surface area contributed by atoms with E-state index < -0.39 is 0 Å². The van der Waals surface area contributed by atoms with E-state index in [4.69, 9.17) is 12.2 Å². The second kappa shape index (κ2) is 7.09. The smallest absolute Gasteiger partial charge is 0.169 e. The van der Waals surface area contributed by atoms with E-state index >= 15 is 0 Å². The third-order valence-electron chi connectivity index (χ3n) is 4.39. The van der Waals surface area contributed by atoms with Gasteiger partial charge in [-0.15, -0.1) is 0 Å². The molecule has 2 aromatic carbocycles. The van der Waals surface area contributed by atoms with Crippen LogP contribution in [0.5, 0.6) is 0 Å². The summed E-state index contributed by atoms with van der Waals surface area (Å²) in [6, 6.07) is 17.4. The Morgan fingerprint density at radius 1 is 1.22 bits per heavy atom. The Hall–Kier alpha value is -1.94. The van der Waals surface area contributed by atoms with Crippen LogP contribution in [-0.2, 0) is 0 Å². The van der Waals surface area contributed by atoms with Crippen molar-refractivity contribution in [3.63, 3.8) is 0 Å². The summed E-state index contributed by atoms with van der Waals surface area (Å²) in [7, 11) is 0. The molecule has 23 heavy (non-hydrogen) atoms. The third-order valence-corrected chi connectivity index (χ3v) is 4.74. The normalized spacial score (nSPS) is 18.7. The van der Waals surface area contributed by atoms with Gasteiger partial charge in [-0.2, -0.15) is 0 Å². The number of nitrogens with zero attached hydrogens (tertiary/aromatic N) is 1. The molecule has 0 spiro atoms. The van der Waals surface area contributed by atoms with Crippen molar-refractivity contribution in [1.82, 2.24) is 10.2 Å². The van der Waals surface area contributed by atoms with Crippen molar-refractivity contribution in [3.05, 3.63) is 71.5 Å². The Morgan fingerprint density at radius 3 is 2.74 bits per heavy atom. The van der Waals surface area contributed by atoms with E-state index in [0.717, 1.165) is 30.1 Å². The van der Waals surface area contributed by atoms with Crippen molar-refractivity contribution in [1.29, 1.82) is 0 Å². The fourth-order valence-corrected chi connectivity index (χ4v) is 3.56. The molecule has 2 atom stereocenters. The number of halogens is 1. The van der Waals surface area contributed by atoms with Gasteiger partial charge >= 0.3 is 0 Å². The summed E-state index contributed by atoms with van der Waals surface area (Å²) in [4.78, 5) is 2.18. The fourth-order valence-electron chi connectivity index (χ4n) is 3.16. The van der Waals surface area contributed by atoms with Gasteiger partial charge in [-0.25, -0.2) is 4.39 Å². The molecule has 2 nitrogen and oxygen atoms in total. The van der Waals surface area contributed by atoms with E-state index in [1.165, 1.54) is 11.6 Å². The van der Waals surface area contributed by atoms with Gasteiger partial charge in [0, 0.05) is 6.54 Å². The first-order valence-electron chi connectivity index (χ1n) is 8.02. The van der Waals surface area contributed by atoms with E-state index in [2.05, 4.69) is 29.3 Å². The molecule has 2 aromatic rings. The van der Waals surface area contributed by atoms with Crippen LogP contribution in [0.25, 0.3) is 0 Å². The van der Waals surface area contributed by atoms with Crippen LogP contribution in [0, 0.1) is 5.82 Å². The summed E-state index contributed by atoms with van der Waals surface area (Å²) in [5.74, 6) is -0.189. The standard InChI is InChI=1S/C19H21FN2S/c1-14(15-7-3-2-4-8-15)21-19(23)22-12-6-11-18(22)16-9-5-10-17(20)13-16/h2-5,7-10,13-14,18H,6,11-12H2,1H3,(H,21,23)/t14-,18+/m0/s1. The first kappa shape index (κ1) is 15.9. The molecule has 1 N–H and O–H groups in total. The highest BCUT2D eigenvalue weighted by Crippen LogP contribution is 2.32. The predicted octanol–water partition coefficient (Wildman–Crippen LogP) is 4.60. The molecule has 1 fully saturated rings. The zero-order valence-corrected chi connectivity index (χ0v) is 14.0. The first-order chi connectivity index (χ1) is 11.1. The Labute approximate surface area is 142 Å². The maximum absolute atomic E-state index is 13.5. The maximum atomic E-state index is 13.5. The Kier molecular flexibility index (Phi) is 4.91. The van der Waals surface area contributed by atoms with Gasteiger partial charge in [0.2, 0.25) is 0 Å². The molecular weight excluding hydrogens is 307 g/mol. The Bertz CT molecular complexity index is 674. The van der Waals surface area contributed by atoms with Crippen molar-refractivity contribution >= 4 is 17.3 Å². The van der Waals surface area contributed by atoms with Gasteiger partial charge in [0.05, 0.1) is 12.1 Å². The molecule has 1 heterocycles. The van der Waals surface area contributed by atoms with Gasteiger partial charge in [0.1, 0.15) is 5.82 Å². The molecule has 1 saturated heterocycles. The number of benzene rings is 2. The lowest BCUT2D eigenvalue weighted by molar-refractivity contribution is 0.387. The van der Waals surface area contributed by atoms with Crippen LogP contribution in [0.1, 0.15) is 43.0 Å². The van der Waals surface area contributed by atoms with Crippen molar-refractivity contribution in [2.45, 2.75) is 31.8 Å². The van der Waals surface area contributed by atoms with E-state index in [9.17, 15) is 4.39 Å². The van der Waals surface area contributed by atoms with Gasteiger partial charge < -0.3 is 10.2 Å². The number of thiocarbonyl (C=S) groups is 1. The zero-order valence-electron chi connectivity index (χ0n) is 13.2. The first-order valence-corrected chi connectivity index (χ1v) is 8.43. The molecule has 1 aliphatic rings. The third kappa shape index (κ3) is 3.70. The molecule has 120 valence electrons. The number of hydrogen-bond donors (Lipinski definition) is 1. The summed E-state index contributed by atoms with van der Waals surface area (Å²) < 4.78 is 13.5. The lowest BCUT2D eigenvalue weighted by Crippen LogP contribution is -2.40. The highest BCUT2D eigenvalue weighted by Gasteiger charge is 2.28. The van der Waals surface area contributed by atoms with Crippen LogP contribution in [0.4, 0.5) is 4.39 Å². The average Bonchev–Trinajstić information content (AvgIpc) is 3.05. The second-order valence-electron chi connectivity index (χ2n) is 5.99.